The molecule has 308 valence electrons. The molecule has 59 heavy (non-hydrogen) atoms. The molecule has 0 bridgehead atoms. The third-order valence-corrected chi connectivity index (χ3v) is 12.8. The number of nitrogens with zero attached hydrogens (tertiary/aromatic N) is 9. The number of likely N-dealkylation sites (N-methyl/N-ethyl adjacent to an activating group) is 1. The molecule has 6 aliphatic rings. The number of primary amides is 1. The lowest BCUT2D eigenvalue weighted by Crippen LogP contribution is -2.55. The molecule has 17 nitrogen and oxygen atoms in total. The number of anilines is 3. The van der Waals surface area contributed by atoms with Crippen molar-refractivity contribution in [3.63, 3.8) is 0 Å². The number of piperidine rings is 2. The van der Waals surface area contributed by atoms with E-state index >= 15 is 0 Å². The standard InChI is InChI=1S/C42H49N11O6/c1-47-13-18-52(42(47)59)30-3-2-12-50(25-30)35-21-44-37(38(43)55)33(45-35)19-26-4-6-28(7-5-26)49-16-14-48(15-17-49)22-27-23-51(24-27)29-8-9-31-32(20-29)41(58)53(40(31)57)34-10-11-36(54)46-39(34)56/h4-9,20-21,27,30,34H,2-3,10-19,22-25H2,1H3,(H2,43,55)(H,46,54,56)/t30-,34?/m1/s1. The van der Waals surface area contributed by atoms with Crippen LogP contribution in [0.3, 0.4) is 0 Å². The molecule has 1 unspecified atom stereocenters. The Labute approximate surface area is 342 Å². The number of aromatic nitrogens is 2. The number of nitrogens with two attached hydrogens (primary N) is 1. The van der Waals surface area contributed by atoms with Crippen LogP contribution < -0.4 is 25.8 Å². The number of rotatable bonds is 10. The highest BCUT2D eigenvalue weighted by Crippen LogP contribution is 2.34. The summed E-state index contributed by atoms with van der Waals surface area (Å²) in [6.07, 6.45) is 4.14. The number of fused-ring (bicyclic) bond motifs is 1. The molecule has 0 aliphatic carbocycles. The number of carbonyl (C=O) groups is 6. The second kappa shape index (κ2) is 15.6. The maximum atomic E-state index is 13.3. The van der Waals surface area contributed by atoms with Gasteiger partial charge in [0.2, 0.25) is 11.8 Å². The Morgan fingerprint density at radius 2 is 1.56 bits per heavy atom. The van der Waals surface area contributed by atoms with E-state index in [1.54, 1.807) is 23.2 Å². The van der Waals surface area contributed by atoms with Crippen LogP contribution in [-0.4, -0.2) is 156 Å². The Hall–Kier alpha value is -6.10. The quantitative estimate of drug-likeness (QED) is 0.279. The number of hydrogen-bond donors (Lipinski definition) is 2. The Morgan fingerprint density at radius 1 is 0.814 bits per heavy atom. The highest BCUT2D eigenvalue weighted by atomic mass is 16.2. The minimum atomic E-state index is -0.976. The third kappa shape index (κ3) is 7.43. The third-order valence-electron chi connectivity index (χ3n) is 12.8. The van der Waals surface area contributed by atoms with Crippen molar-refractivity contribution < 1.29 is 28.8 Å². The minimum Gasteiger partial charge on any atom is -0.371 e. The first-order valence-corrected chi connectivity index (χ1v) is 20.6. The van der Waals surface area contributed by atoms with E-state index in [1.165, 1.54) is 0 Å². The molecule has 2 atom stereocenters. The Kier molecular flexibility index (Phi) is 10.1. The largest absolute Gasteiger partial charge is 0.371 e. The number of piperazine rings is 1. The second-order valence-corrected chi connectivity index (χ2v) is 16.6. The van der Waals surface area contributed by atoms with Crippen molar-refractivity contribution >= 4 is 52.8 Å². The maximum absolute atomic E-state index is 13.3. The smallest absolute Gasteiger partial charge is 0.320 e. The molecule has 3 N–H and O–H groups in total. The number of benzene rings is 2. The summed E-state index contributed by atoms with van der Waals surface area (Å²) in [5.41, 5.74) is 10.1. The summed E-state index contributed by atoms with van der Waals surface area (Å²) < 4.78 is 0. The van der Waals surface area contributed by atoms with Gasteiger partial charge in [-0.1, -0.05) is 12.1 Å². The van der Waals surface area contributed by atoms with Crippen LogP contribution in [0.25, 0.3) is 0 Å². The summed E-state index contributed by atoms with van der Waals surface area (Å²) in [5, 5.41) is 2.24. The Bertz CT molecular complexity index is 2200. The first-order valence-electron chi connectivity index (χ1n) is 20.6. The summed E-state index contributed by atoms with van der Waals surface area (Å²) in [5.74, 6) is -1.43. The summed E-state index contributed by atoms with van der Waals surface area (Å²) >= 11 is 0. The molecule has 7 amide bonds. The zero-order chi connectivity index (χ0) is 40.9. The van der Waals surface area contributed by atoms with Gasteiger partial charge in [-0.15, -0.1) is 0 Å². The van der Waals surface area contributed by atoms with Crippen LogP contribution in [0.5, 0.6) is 0 Å². The molecule has 7 heterocycles. The number of imide groups is 2. The lowest BCUT2D eigenvalue weighted by molar-refractivity contribution is -0.136. The molecule has 2 aromatic carbocycles. The molecule has 5 saturated heterocycles. The Morgan fingerprint density at radius 3 is 2.27 bits per heavy atom. The van der Waals surface area contributed by atoms with E-state index in [4.69, 9.17) is 10.7 Å². The first kappa shape index (κ1) is 38.4. The van der Waals surface area contributed by atoms with E-state index < -0.39 is 35.6 Å². The molecular weight excluding hydrogens is 755 g/mol. The van der Waals surface area contributed by atoms with Crippen LogP contribution in [-0.2, 0) is 16.0 Å². The van der Waals surface area contributed by atoms with E-state index in [9.17, 15) is 28.8 Å². The van der Waals surface area contributed by atoms with Gasteiger partial charge in [0.1, 0.15) is 17.6 Å². The van der Waals surface area contributed by atoms with Gasteiger partial charge in [0, 0.05) is 109 Å². The fourth-order valence-electron chi connectivity index (χ4n) is 9.45. The van der Waals surface area contributed by atoms with E-state index in [1.807, 2.05) is 18.0 Å². The highest BCUT2D eigenvalue weighted by molar-refractivity contribution is 6.23. The number of amides is 7. The van der Waals surface area contributed by atoms with Gasteiger partial charge in [0.25, 0.3) is 17.7 Å². The summed E-state index contributed by atoms with van der Waals surface area (Å²) in [7, 11) is 1.84. The second-order valence-electron chi connectivity index (χ2n) is 16.6. The number of carbonyl (C=O) groups excluding carboxylic acids is 6. The van der Waals surface area contributed by atoms with Crippen molar-refractivity contribution in [3.05, 3.63) is 76.7 Å². The molecule has 0 spiro atoms. The number of hydrogen-bond acceptors (Lipinski definition) is 12. The molecule has 9 rings (SSSR count). The average Bonchev–Trinajstić information content (AvgIpc) is 3.69. The summed E-state index contributed by atoms with van der Waals surface area (Å²) in [4.78, 5) is 98.8. The van der Waals surface area contributed by atoms with Crippen LogP contribution >= 0.6 is 0 Å². The monoisotopic (exact) mass is 803 g/mol. The molecule has 6 aliphatic heterocycles. The zero-order valence-corrected chi connectivity index (χ0v) is 33.2. The molecule has 0 saturated carbocycles. The molecule has 5 fully saturated rings. The first-order chi connectivity index (χ1) is 28.5. The number of nitrogens with one attached hydrogen (secondary N) is 1. The molecular formula is C42H49N11O6. The van der Waals surface area contributed by atoms with Crippen LogP contribution in [0.2, 0.25) is 0 Å². The van der Waals surface area contributed by atoms with Crippen molar-refractivity contribution in [1.82, 2.24) is 34.9 Å². The fourth-order valence-corrected chi connectivity index (χ4v) is 9.45. The Balaban J connectivity index is 0.760. The maximum Gasteiger partial charge on any atom is 0.320 e. The summed E-state index contributed by atoms with van der Waals surface area (Å²) in [6, 6.07) is 12.9. The SMILES string of the molecule is CN1CCN([C@@H]2CCCN(c3cnc(C(N)=O)c(Cc4ccc(N5CCN(CC6CN(c7ccc8c(c7)C(=O)N(C7CCC(=O)NC7=O)C8=O)C6)CC5)cc4)n3)C2)C1=O. The lowest BCUT2D eigenvalue weighted by Gasteiger charge is -2.45. The van der Waals surface area contributed by atoms with Crippen LogP contribution in [0, 0.1) is 5.92 Å². The van der Waals surface area contributed by atoms with Gasteiger partial charge in [-0.25, -0.2) is 14.8 Å². The fraction of sp³-hybridized carbons (Fsp3) is 0.476. The van der Waals surface area contributed by atoms with Crippen molar-refractivity contribution in [1.29, 1.82) is 0 Å². The van der Waals surface area contributed by atoms with Crippen LogP contribution in [0.15, 0.2) is 48.7 Å². The van der Waals surface area contributed by atoms with Crippen molar-refractivity contribution in [3.8, 4) is 0 Å². The van der Waals surface area contributed by atoms with Crippen molar-refractivity contribution in [2.24, 2.45) is 11.7 Å². The van der Waals surface area contributed by atoms with Gasteiger partial charge >= 0.3 is 6.03 Å². The predicted octanol–water partition coefficient (Wildman–Crippen LogP) is 1.16. The predicted molar refractivity (Wildman–Crippen MR) is 217 cm³/mol. The van der Waals surface area contributed by atoms with Gasteiger partial charge in [0.05, 0.1) is 29.1 Å². The van der Waals surface area contributed by atoms with Crippen molar-refractivity contribution in [2.75, 3.05) is 93.7 Å². The lowest BCUT2D eigenvalue weighted by atomic mass is 9.97. The summed E-state index contributed by atoms with van der Waals surface area (Å²) in [6.45, 7) is 9.28. The van der Waals surface area contributed by atoms with Crippen molar-refractivity contribution in [2.45, 2.75) is 44.2 Å². The van der Waals surface area contributed by atoms with Gasteiger partial charge < -0.3 is 30.2 Å². The average molecular weight is 804 g/mol. The van der Waals surface area contributed by atoms with Crippen LogP contribution in [0.4, 0.5) is 22.0 Å². The van der Waals surface area contributed by atoms with Gasteiger partial charge in [-0.2, -0.15) is 0 Å². The highest BCUT2D eigenvalue weighted by Gasteiger charge is 2.45. The van der Waals surface area contributed by atoms with Gasteiger partial charge in [-0.05, 0) is 55.2 Å². The molecule has 1 aromatic heterocycles. The van der Waals surface area contributed by atoms with E-state index in [0.717, 1.165) is 100 Å². The topological polar surface area (TPSA) is 189 Å². The van der Waals surface area contributed by atoms with Crippen LogP contribution in [0.1, 0.15) is 68.1 Å². The number of urea groups is 1. The van der Waals surface area contributed by atoms with E-state index in [-0.39, 0.29) is 30.6 Å². The van der Waals surface area contributed by atoms with E-state index in [2.05, 4.69) is 54.2 Å². The molecule has 17 heteroatoms. The van der Waals surface area contributed by atoms with E-state index in [0.29, 0.717) is 41.5 Å². The van der Waals surface area contributed by atoms with Gasteiger partial charge in [0.15, 0.2) is 0 Å². The molecule has 0 radical (unpaired) electrons. The zero-order valence-electron chi connectivity index (χ0n) is 33.2. The van der Waals surface area contributed by atoms with Gasteiger partial charge in [-0.3, -0.25) is 39.1 Å². The molecule has 3 aromatic rings. The normalized spacial score (nSPS) is 23.0. The minimum absolute atomic E-state index is 0.0681.